The fourth-order valence-electron chi connectivity index (χ4n) is 2.20. The molecule has 0 unspecified atom stereocenters. The molecule has 8 heteroatoms. The van der Waals surface area contributed by atoms with Crippen LogP contribution in [-0.2, 0) is 19.1 Å². The molecule has 2 atom stereocenters. The van der Waals surface area contributed by atoms with Crippen molar-refractivity contribution in [2.24, 2.45) is 5.73 Å². The Morgan fingerprint density at radius 2 is 1.54 bits per heavy atom. The lowest BCUT2D eigenvalue weighted by Gasteiger charge is -2.25. The summed E-state index contributed by atoms with van der Waals surface area (Å²) in [7, 11) is 0. The molecule has 0 aliphatic heterocycles. The lowest BCUT2D eigenvalue weighted by Crippen LogP contribution is -2.51. The number of unbranched alkanes of at least 4 members (excludes halogenated alkanes) is 1. The van der Waals surface area contributed by atoms with Crippen LogP contribution in [0.4, 0.5) is 4.79 Å². The number of amides is 2. The summed E-state index contributed by atoms with van der Waals surface area (Å²) < 4.78 is 5.34. The first-order valence-corrected chi connectivity index (χ1v) is 8.96. The number of Topliss-reactive ketones (excluding diaryl/α,β-unsaturated/α-hetero) is 2. The van der Waals surface area contributed by atoms with Crippen molar-refractivity contribution in [2.45, 2.75) is 84.4 Å². The maximum Gasteiger partial charge on any atom is 0.329 e. The van der Waals surface area contributed by atoms with Gasteiger partial charge in [-0.1, -0.05) is 0 Å². The minimum Gasteiger partial charge on any atom is -0.458 e. The van der Waals surface area contributed by atoms with Crippen LogP contribution in [0.1, 0.15) is 66.7 Å². The number of ether oxygens (including phenoxy) is 1. The van der Waals surface area contributed by atoms with E-state index in [1.165, 1.54) is 13.8 Å². The van der Waals surface area contributed by atoms with Gasteiger partial charge in [-0.05, 0) is 66.8 Å². The van der Waals surface area contributed by atoms with Gasteiger partial charge < -0.3 is 25.9 Å². The second-order valence-corrected chi connectivity index (χ2v) is 7.39. The summed E-state index contributed by atoms with van der Waals surface area (Å²) in [4.78, 5) is 47.3. The molecule has 2 amide bonds. The van der Waals surface area contributed by atoms with Gasteiger partial charge in [0, 0.05) is 6.42 Å². The average Bonchev–Trinajstić information content (AvgIpc) is 2.48. The third kappa shape index (κ3) is 11.6. The number of hydrogen-bond acceptors (Lipinski definition) is 6. The molecule has 0 fully saturated rings. The van der Waals surface area contributed by atoms with Crippen molar-refractivity contribution in [2.75, 3.05) is 6.54 Å². The Morgan fingerprint density at radius 3 is 2.00 bits per heavy atom. The second kappa shape index (κ2) is 11.6. The minimum absolute atomic E-state index is 0.0631. The predicted octanol–water partition coefficient (Wildman–Crippen LogP) is 1.45. The third-order valence-corrected chi connectivity index (χ3v) is 3.52. The molecule has 0 aliphatic rings. The molecule has 150 valence electrons. The Morgan fingerprint density at radius 1 is 0.962 bits per heavy atom. The van der Waals surface area contributed by atoms with E-state index in [2.05, 4.69) is 10.6 Å². The zero-order valence-corrected chi connectivity index (χ0v) is 16.5. The molecule has 0 aromatic rings. The molecule has 8 nitrogen and oxygen atoms in total. The third-order valence-electron chi connectivity index (χ3n) is 3.52. The van der Waals surface area contributed by atoms with E-state index in [0.29, 0.717) is 19.4 Å². The van der Waals surface area contributed by atoms with Crippen LogP contribution in [0, 0.1) is 0 Å². The van der Waals surface area contributed by atoms with Crippen molar-refractivity contribution in [3.63, 3.8) is 0 Å². The maximum atomic E-state index is 12.3. The van der Waals surface area contributed by atoms with E-state index in [1.54, 1.807) is 20.8 Å². The first kappa shape index (κ1) is 24.0. The van der Waals surface area contributed by atoms with E-state index < -0.39 is 29.7 Å². The zero-order chi connectivity index (χ0) is 20.3. The van der Waals surface area contributed by atoms with Gasteiger partial charge in [0.2, 0.25) is 0 Å². The normalized spacial score (nSPS) is 13.5. The summed E-state index contributed by atoms with van der Waals surface area (Å²) in [5.74, 6) is -0.849. The fourth-order valence-corrected chi connectivity index (χ4v) is 2.20. The Hall–Kier alpha value is -1.96. The van der Waals surface area contributed by atoms with Crippen molar-refractivity contribution in [1.82, 2.24) is 10.6 Å². The summed E-state index contributed by atoms with van der Waals surface area (Å²) in [5, 5.41) is 5.09. The van der Waals surface area contributed by atoms with Crippen molar-refractivity contribution < 1.29 is 23.9 Å². The fraction of sp³-hybridized carbons (Fsp3) is 0.778. The van der Waals surface area contributed by atoms with E-state index in [-0.39, 0.29) is 24.4 Å². The number of nitrogens with two attached hydrogens (primary N) is 1. The molecule has 0 rings (SSSR count). The van der Waals surface area contributed by atoms with Crippen molar-refractivity contribution in [1.29, 1.82) is 0 Å². The van der Waals surface area contributed by atoms with Crippen LogP contribution in [0.25, 0.3) is 0 Å². The number of carbonyl (C=O) groups excluding carboxylic acids is 4. The maximum absolute atomic E-state index is 12.3. The highest BCUT2D eigenvalue weighted by Gasteiger charge is 2.27. The number of urea groups is 1. The molecule has 0 heterocycles. The standard InChI is InChI=1S/C18H33N3O5/c1-12(22)9-10-14(13(2)23)20-17(25)21-15(8-6-7-11-19)16(24)26-18(3,4)5/h14-15H,6-11,19H2,1-5H3,(H2,20,21,25)/t14-,15-/m0/s1. The Kier molecular flexibility index (Phi) is 10.7. The summed E-state index contributed by atoms with van der Waals surface area (Å²) in [6, 6.07) is -2.25. The molecule has 0 radical (unpaired) electrons. The van der Waals surface area contributed by atoms with E-state index in [1.807, 2.05) is 0 Å². The summed E-state index contributed by atoms with van der Waals surface area (Å²) in [6.45, 7) is 8.50. The van der Waals surface area contributed by atoms with Gasteiger partial charge >= 0.3 is 12.0 Å². The van der Waals surface area contributed by atoms with Crippen molar-refractivity contribution >= 4 is 23.6 Å². The SMILES string of the molecule is CC(=O)CC[C@H](NC(=O)N[C@@H](CCCCN)C(=O)OC(C)(C)C)C(C)=O. The monoisotopic (exact) mass is 371 g/mol. The minimum atomic E-state index is -0.832. The first-order chi connectivity index (χ1) is 12.0. The van der Waals surface area contributed by atoms with Crippen molar-refractivity contribution in [3.8, 4) is 0 Å². The van der Waals surface area contributed by atoms with E-state index in [0.717, 1.165) is 6.42 Å². The number of ketones is 2. The molecule has 0 aromatic carbocycles. The van der Waals surface area contributed by atoms with Crippen LogP contribution in [-0.4, -0.2) is 47.8 Å². The highest BCUT2D eigenvalue weighted by molar-refractivity contribution is 5.89. The summed E-state index contributed by atoms with van der Waals surface area (Å²) in [5.41, 5.74) is 4.79. The number of carbonyl (C=O) groups is 4. The van der Waals surface area contributed by atoms with Gasteiger partial charge in [-0.3, -0.25) is 4.79 Å². The van der Waals surface area contributed by atoms with Crippen LogP contribution >= 0.6 is 0 Å². The van der Waals surface area contributed by atoms with Crippen LogP contribution in [0.15, 0.2) is 0 Å². The average molecular weight is 371 g/mol. The Bertz CT molecular complexity index is 500. The van der Waals surface area contributed by atoms with Gasteiger partial charge in [-0.15, -0.1) is 0 Å². The topological polar surface area (TPSA) is 128 Å². The number of nitrogens with one attached hydrogen (secondary N) is 2. The molecular weight excluding hydrogens is 338 g/mol. The lowest BCUT2D eigenvalue weighted by atomic mass is 10.1. The smallest absolute Gasteiger partial charge is 0.329 e. The summed E-state index contributed by atoms with van der Waals surface area (Å²) >= 11 is 0. The molecule has 4 N–H and O–H groups in total. The van der Waals surface area contributed by atoms with Crippen LogP contribution < -0.4 is 16.4 Å². The van der Waals surface area contributed by atoms with Gasteiger partial charge in [0.25, 0.3) is 0 Å². The molecule has 0 aromatic heterocycles. The van der Waals surface area contributed by atoms with Gasteiger partial charge in [-0.25, -0.2) is 9.59 Å². The second-order valence-electron chi connectivity index (χ2n) is 7.39. The number of rotatable bonds is 11. The quantitative estimate of drug-likeness (QED) is 0.372. The highest BCUT2D eigenvalue weighted by atomic mass is 16.6. The van der Waals surface area contributed by atoms with Gasteiger partial charge in [0.15, 0.2) is 5.78 Å². The molecule has 0 spiro atoms. The zero-order valence-electron chi connectivity index (χ0n) is 16.5. The molecular formula is C18H33N3O5. The van der Waals surface area contributed by atoms with Crippen LogP contribution in [0.3, 0.4) is 0 Å². The molecule has 0 bridgehead atoms. The highest BCUT2D eigenvalue weighted by Crippen LogP contribution is 2.11. The molecule has 0 aliphatic carbocycles. The van der Waals surface area contributed by atoms with Crippen LogP contribution in [0.2, 0.25) is 0 Å². The van der Waals surface area contributed by atoms with E-state index in [4.69, 9.17) is 10.5 Å². The van der Waals surface area contributed by atoms with Crippen molar-refractivity contribution in [3.05, 3.63) is 0 Å². The number of esters is 1. The Labute approximate surface area is 155 Å². The lowest BCUT2D eigenvalue weighted by molar-refractivity contribution is -0.157. The Balaban J connectivity index is 4.88. The van der Waals surface area contributed by atoms with Gasteiger partial charge in [0.1, 0.15) is 17.4 Å². The first-order valence-electron chi connectivity index (χ1n) is 8.96. The van der Waals surface area contributed by atoms with Crippen LogP contribution in [0.5, 0.6) is 0 Å². The molecule has 0 saturated carbocycles. The van der Waals surface area contributed by atoms with Gasteiger partial charge in [-0.2, -0.15) is 0 Å². The number of hydrogen-bond donors (Lipinski definition) is 3. The molecule has 0 saturated heterocycles. The predicted molar refractivity (Wildman–Crippen MR) is 98.6 cm³/mol. The largest absolute Gasteiger partial charge is 0.458 e. The molecule has 26 heavy (non-hydrogen) atoms. The van der Waals surface area contributed by atoms with Gasteiger partial charge in [0.05, 0.1) is 6.04 Å². The van der Waals surface area contributed by atoms with E-state index in [9.17, 15) is 19.2 Å². The summed E-state index contributed by atoms with van der Waals surface area (Å²) in [6.07, 6.45) is 2.18. The van der Waals surface area contributed by atoms with E-state index >= 15 is 0 Å².